The summed E-state index contributed by atoms with van der Waals surface area (Å²) in [6, 6.07) is 1.41. The van der Waals surface area contributed by atoms with Crippen LogP contribution in [-0.2, 0) is 6.18 Å². The topological polar surface area (TPSA) is 72.6 Å². The number of alkyl halides is 3. The zero-order valence-electron chi connectivity index (χ0n) is 9.32. The van der Waals surface area contributed by atoms with Crippen LogP contribution in [0.1, 0.15) is 16.2 Å². The minimum atomic E-state index is -4.89. The molecule has 102 valence electrons. The highest BCUT2D eigenvalue weighted by molar-refractivity contribution is 7.13. The first-order valence-corrected chi connectivity index (χ1v) is 5.65. The SMILES string of the molecule is COc1csc(-c2nc(C(F)(F)F)c(C(=O)O)o2)c1. The Morgan fingerprint density at radius 3 is 2.63 bits per heavy atom. The molecule has 19 heavy (non-hydrogen) atoms. The molecule has 0 aliphatic rings. The summed E-state index contributed by atoms with van der Waals surface area (Å²) in [5, 5.41) is 10.2. The minimum Gasteiger partial charge on any atom is -0.496 e. The average Bonchev–Trinajstić information content (AvgIpc) is 2.94. The highest BCUT2D eigenvalue weighted by atomic mass is 32.1. The summed E-state index contributed by atoms with van der Waals surface area (Å²) in [4.78, 5) is 14.2. The number of aromatic nitrogens is 1. The molecular weight excluding hydrogens is 287 g/mol. The number of hydrogen-bond donors (Lipinski definition) is 1. The lowest BCUT2D eigenvalue weighted by atomic mass is 10.3. The van der Waals surface area contributed by atoms with Crippen molar-refractivity contribution in [2.24, 2.45) is 0 Å². The van der Waals surface area contributed by atoms with Gasteiger partial charge < -0.3 is 14.3 Å². The largest absolute Gasteiger partial charge is 0.496 e. The van der Waals surface area contributed by atoms with E-state index in [0.29, 0.717) is 5.75 Å². The van der Waals surface area contributed by atoms with Crippen LogP contribution in [0.15, 0.2) is 15.9 Å². The van der Waals surface area contributed by atoms with Crippen LogP contribution in [-0.4, -0.2) is 23.2 Å². The van der Waals surface area contributed by atoms with E-state index in [1.54, 1.807) is 0 Å². The lowest BCUT2D eigenvalue weighted by Crippen LogP contribution is -2.11. The standard InChI is InChI=1S/C10H6F3NO4S/c1-17-4-2-5(19-3-4)8-14-7(10(11,12)13)6(18-8)9(15)16/h2-3H,1H3,(H,15,16). The van der Waals surface area contributed by atoms with Crippen LogP contribution < -0.4 is 4.74 Å². The van der Waals surface area contributed by atoms with E-state index < -0.39 is 29.5 Å². The van der Waals surface area contributed by atoms with Gasteiger partial charge in [-0.15, -0.1) is 11.3 Å². The maximum atomic E-state index is 12.6. The number of nitrogens with zero attached hydrogens (tertiary/aromatic N) is 1. The second kappa shape index (κ2) is 4.57. The van der Waals surface area contributed by atoms with Crippen molar-refractivity contribution in [2.75, 3.05) is 7.11 Å². The van der Waals surface area contributed by atoms with Crippen LogP contribution in [0.5, 0.6) is 5.75 Å². The molecule has 0 unspecified atom stereocenters. The number of carboxylic acid groups (broad SMARTS) is 1. The Hall–Kier alpha value is -2.03. The second-order valence-corrected chi connectivity index (χ2v) is 4.26. The number of hydrogen-bond acceptors (Lipinski definition) is 5. The fourth-order valence-electron chi connectivity index (χ4n) is 1.30. The van der Waals surface area contributed by atoms with Crippen LogP contribution in [0.3, 0.4) is 0 Å². The van der Waals surface area contributed by atoms with E-state index >= 15 is 0 Å². The van der Waals surface area contributed by atoms with E-state index in [1.165, 1.54) is 18.6 Å². The molecular formula is C10H6F3NO4S. The predicted octanol–water partition coefficient (Wildman–Crippen LogP) is 3.13. The van der Waals surface area contributed by atoms with Crippen LogP contribution in [0.4, 0.5) is 13.2 Å². The van der Waals surface area contributed by atoms with Gasteiger partial charge in [-0.2, -0.15) is 13.2 Å². The lowest BCUT2D eigenvalue weighted by molar-refractivity contribution is -0.141. The van der Waals surface area contributed by atoms with E-state index in [9.17, 15) is 18.0 Å². The Kier molecular flexibility index (Phi) is 3.23. The van der Waals surface area contributed by atoms with Crippen LogP contribution in [0.2, 0.25) is 0 Å². The highest BCUT2D eigenvalue weighted by Gasteiger charge is 2.41. The number of ether oxygens (including phenoxy) is 1. The number of methoxy groups -OCH3 is 1. The Bertz CT molecular complexity index is 617. The van der Waals surface area contributed by atoms with Gasteiger partial charge in [-0.1, -0.05) is 0 Å². The first kappa shape index (κ1) is 13.4. The van der Waals surface area contributed by atoms with E-state index in [0.717, 1.165) is 11.3 Å². The quantitative estimate of drug-likeness (QED) is 0.941. The summed E-state index contributed by atoms with van der Waals surface area (Å²) < 4.78 is 47.3. The maximum absolute atomic E-state index is 12.6. The molecule has 0 aliphatic carbocycles. The number of oxazole rings is 1. The van der Waals surface area contributed by atoms with E-state index in [1.807, 2.05) is 0 Å². The fraction of sp³-hybridized carbons (Fsp3) is 0.200. The molecule has 0 bridgehead atoms. The van der Waals surface area contributed by atoms with E-state index in [2.05, 4.69) is 9.40 Å². The van der Waals surface area contributed by atoms with Gasteiger partial charge in [0.05, 0.1) is 12.0 Å². The van der Waals surface area contributed by atoms with Gasteiger partial charge in [-0.25, -0.2) is 9.78 Å². The third-order valence-electron chi connectivity index (χ3n) is 2.11. The Morgan fingerprint density at radius 1 is 1.53 bits per heavy atom. The van der Waals surface area contributed by atoms with Crippen LogP contribution >= 0.6 is 11.3 Å². The van der Waals surface area contributed by atoms with Gasteiger partial charge in [0.2, 0.25) is 11.7 Å². The molecule has 1 N–H and O–H groups in total. The van der Waals surface area contributed by atoms with Crippen molar-refractivity contribution in [1.82, 2.24) is 4.98 Å². The summed E-state index contributed by atoms with van der Waals surface area (Å²) in [7, 11) is 1.39. The smallest absolute Gasteiger partial charge is 0.437 e. The maximum Gasteiger partial charge on any atom is 0.437 e. The van der Waals surface area contributed by atoms with Gasteiger partial charge in [0.25, 0.3) is 0 Å². The molecule has 0 aliphatic heterocycles. The lowest BCUT2D eigenvalue weighted by Gasteiger charge is -2.00. The third kappa shape index (κ3) is 2.55. The summed E-state index contributed by atoms with van der Waals surface area (Å²) >= 11 is 1.03. The van der Waals surface area contributed by atoms with Crippen LogP contribution in [0, 0.1) is 0 Å². The van der Waals surface area contributed by atoms with Gasteiger partial charge in [-0.05, 0) is 0 Å². The van der Waals surface area contributed by atoms with Gasteiger partial charge in [0, 0.05) is 11.4 Å². The van der Waals surface area contributed by atoms with E-state index in [4.69, 9.17) is 9.84 Å². The van der Waals surface area contributed by atoms with Crippen molar-refractivity contribution in [3.63, 3.8) is 0 Å². The summed E-state index contributed by atoms with van der Waals surface area (Å²) in [5.74, 6) is -3.04. The molecule has 0 radical (unpaired) electrons. The number of halogens is 3. The van der Waals surface area contributed by atoms with Gasteiger partial charge in [0.1, 0.15) is 5.75 Å². The molecule has 9 heteroatoms. The average molecular weight is 293 g/mol. The van der Waals surface area contributed by atoms with Gasteiger partial charge in [0.15, 0.2) is 5.69 Å². The highest BCUT2D eigenvalue weighted by Crippen LogP contribution is 2.37. The zero-order chi connectivity index (χ0) is 14.2. The van der Waals surface area contributed by atoms with Crippen molar-refractivity contribution < 1.29 is 32.2 Å². The molecule has 2 rings (SSSR count). The Labute approximate surface area is 108 Å². The van der Waals surface area contributed by atoms with Gasteiger partial charge >= 0.3 is 12.1 Å². The van der Waals surface area contributed by atoms with Crippen molar-refractivity contribution in [2.45, 2.75) is 6.18 Å². The molecule has 0 fully saturated rings. The first-order valence-electron chi connectivity index (χ1n) is 4.77. The molecule has 2 heterocycles. The van der Waals surface area contributed by atoms with E-state index in [-0.39, 0.29) is 4.88 Å². The number of rotatable bonds is 3. The summed E-state index contributed by atoms with van der Waals surface area (Å²) in [6.07, 6.45) is -4.89. The Morgan fingerprint density at radius 2 is 2.21 bits per heavy atom. The molecule has 0 amide bonds. The second-order valence-electron chi connectivity index (χ2n) is 3.35. The van der Waals surface area contributed by atoms with Gasteiger partial charge in [-0.3, -0.25) is 0 Å². The molecule has 0 saturated carbocycles. The molecule has 0 spiro atoms. The van der Waals surface area contributed by atoms with Crippen molar-refractivity contribution in [3.8, 4) is 16.5 Å². The van der Waals surface area contributed by atoms with Crippen molar-refractivity contribution >= 4 is 17.3 Å². The molecule has 5 nitrogen and oxygen atoms in total. The predicted molar refractivity (Wildman–Crippen MR) is 58.3 cm³/mol. The summed E-state index contributed by atoms with van der Waals surface area (Å²) in [6.45, 7) is 0. The molecule has 0 atom stereocenters. The molecule has 0 aromatic carbocycles. The molecule has 0 saturated heterocycles. The normalized spacial score (nSPS) is 11.6. The minimum absolute atomic E-state index is 0.245. The van der Waals surface area contributed by atoms with Crippen molar-refractivity contribution in [3.05, 3.63) is 22.9 Å². The monoisotopic (exact) mass is 293 g/mol. The van der Waals surface area contributed by atoms with Crippen molar-refractivity contribution in [1.29, 1.82) is 0 Å². The third-order valence-corrected chi connectivity index (χ3v) is 3.01. The number of carboxylic acids is 1. The molecule has 2 aromatic rings. The zero-order valence-corrected chi connectivity index (χ0v) is 10.1. The number of carbonyl (C=O) groups is 1. The van der Waals surface area contributed by atoms with Crippen LogP contribution in [0.25, 0.3) is 10.8 Å². The number of aromatic carboxylic acids is 1. The summed E-state index contributed by atoms with van der Waals surface area (Å²) in [5.41, 5.74) is -1.55. The molecule has 2 aromatic heterocycles. The first-order chi connectivity index (χ1) is 8.82. The fourth-order valence-corrected chi connectivity index (χ4v) is 2.08. The Balaban J connectivity index is 2.51. The number of thiophene rings is 1.